The van der Waals surface area contributed by atoms with Gasteiger partial charge in [-0.3, -0.25) is 9.69 Å². The van der Waals surface area contributed by atoms with Gasteiger partial charge >= 0.3 is 0 Å². The summed E-state index contributed by atoms with van der Waals surface area (Å²) < 4.78 is 0. The second-order valence-electron chi connectivity index (χ2n) is 5.38. The van der Waals surface area contributed by atoms with Crippen LogP contribution in [0.4, 0.5) is 0 Å². The molecule has 0 amide bonds. The molecule has 0 radical (unpaired) electrons. The van der Waals surface area contributed by atoms with Gasteiger partial charge in [-0.1, -0.05) is 19.1 Å². The predicted molar refractivity (Wildman–Crippen MR) is 69.4 cm³/mol. The van der Waals surface area contributed by atoms with Crippen molar-refractivity contribution in [3.8, 4) is 5.75 Å². The van der Waals surface area contributed by atoms with Gasteiger partial charge in [0.15, 0.2) is 0 Å². The Kier molecular flexibility index (Phi) is 2.86. The summed E-state index contributed by atoms with van der Waals surface area (Å²) in [4.78, 5) is 14.5. The van der Waals surface area contributed by atoms with Gasteiger partial charge in [-0.15, -0.1) is 0 Å². The van der Waals surface area contributed by atoms with Crippen molar-refractivity contribution in [2.75, 3.05) is 6.54 Å². The molecular weight excluding hydrogens is 226 g/mol. The van der Waals surface area contributed by atoms with E-state index in [4.69, 9.17) is 0 Å². The molecule has 2 heterocycles. The molecule has 1 N–H and O–H groups in total. The van der Waals surface area contributed by atoms with E-state index in [2.05, 4.69) is 11.8 Å². The van der Waals surface area contributed by atoms with E-state index in [0.29, 0.717) is 18.2 Å². The van der Waals surface area contributed by atoms with Crippen molar-refractivity contribution in [3.63, 3.8) is 0 Å². The average molecular weight is 245 g/mol. The maximum absolute atomic E-state index is 12.1. The summed E-state index contributed by atoms with van der Waals surface area (Å²) in [5.74, 6) is 0.818. The van der Waals surface area contributed by atoms with Gasteiger partial charge < -0.3 is 5.11 Å². The topological polar surface area (TPSA) is 40.5 Å². The van der Waals surface area contributed by atoms with Crippen LogP contribution < -0.4 is 0 Å². The van der Waals surface area contributed by atoms with Crippen molar-refractivity contribution in [1.29, 1.82) is 0 Å². The molecule has 1 aliphatic carbocycles. The number of nitrogens with zero attached hydrogens (tertiary/aromatic N) is 1. The van der Waals surface area contributed by atoms with Gasteiger partial charge in [0.25, 0.3) is 0 Å². The molecule has 0 aromatic heterocycles. The number of carbonyl (C=O) groups excluding carboxylic acids is 1. The van der Waals surface area contributed by atoms with Crippen LogP contribution in [0.15, 0.2) is 24.3 Å². The Bertz CT molecular complexity index is 471. The zero-order valence-corrected chi connectivity index (χ0v) is 10.7. The minimum absolute atomic E-state index is 0.122. The second kappa shape index (κ2) is 4.39. The summed E-state index contributed by atoms with van der Waals surface area (Å²) in [6.45, 7) is 3.12. The van der Waals surface area contributed by atoms with Crippen molar-refractivity contribution >= 4 is 5.78 Å². The first kappa shape index (κ1) is 11.7. The zero-order chi connectivity index (χ0) is 12.7. The third-order valence-electron chi connectivity index (χ3n) is 4.45. The van der Waals surface area contributed by atoms with Crippen LogP contribution in [-0.4, -0.2) is 28.4 Å². The molecule has 1 aromatic rings. The highest BCUT2D eigenvalue weighted by atomic mass is 16.3. The van der Waals surface area contributed by atoms with Gasteiger partial charge in [-0.2, -0.15) is 0 Å². The molecular formula is C15H19NO2. The number of hydrogen-bond acceptors (Lipinski definition) is 3. The van der Waals surface area contributed by atoms with Crippen LogP contribution in [0.5, 0.6) is 5.75 Å². The molecule has 3 aliphatic rings. The van der Waals surface area contributed by atoms with Crippen molar-refractivity contribution in [3.05, 3.63) is 29.8 Å². The third-order valence-corrected chi connectivity index (χ3v) is 4.45. The minimum Gasteiger partial charge on any atom is -0.508 e. The normalized spacial score (nSPS) is 31.8. The number of ketones is 1. The van der Waals surface area contributed by atoms with Crippen LogP contribution in [0.1, 0.15) is 37.8 Å². The summed E-state index contributed by atoms with van der Waals surface area (Å²) in [7, 11) is 0. The molecule has 3 fully saturated rings. The zero-order valence-electron chi connectivity index (χ0n) is 10.7. The number of carbonyl (C=O) groups is 1. The van der Waals surface area contributed by atoms with Gasteiger partial charge in [0.1, 0.15) is 11.5 Å². The summed E-state index contributed by atoms with van der Waals surface area (Å²) in [6, 6.07) is 7.96. The van der Waals surface area contributed by atoms with Gasteiger partial charge in [0.05, 0.1) is 0 Å². The highest BCUT2D eigenvalue weighted by molar-refractivity contribution is 5.84. The van der Waals surface area contributed by atoms with Crippen molar-refractivity contribution < 1.29 is 9.90 Å². The van der Waals surface area contributed by atoms with E-state index >= 15 is 0 Å². The number of piperidine rings is 2. The fourth-order valence-electron chi connectivity index (χ4n) is 3.68. The summed E-state index contributed by atoms with van der Waals surface area (Å²) in [6.07, 6.45) is 2.85. The van der Waals surface area contributed by atoms with E-state index in [0.717, 1.165) is 24.9 Å². The lowest BCUT2D eigenvalue weighted by Crippen LogP contribution is -2.53. The van der Waals surface area contributed by atoms with Crippen LogP contribution in [0.25, 0.3) is 0 Å². The van der Waals surface area contributed by atoms with E-state index < -0.39 is 0 Å². The second-order valence-corrected chi connectivity index (χ2v) is 5.38. The number of aromatic hydroxyl groups is 1. The van der Waals surface area contributed by atoms with Gasteiger partial charge in [0.2, 0.25) is 0 Å². The largest absolute Gasteiger partial charge is 0.508 e. The lowest BCUT2D eigenvalue weighted by atomic mass is 9.71. The van der Waals surface area contributed by atoms with E-state index in [1.165, 1.54) is 0 Å². The van der Waals surface area contributed by atoms with Crippen molar-refractivity contribution in [2.24, 2.45) is 5.92 Å². The van der Waals surface area contributed by atoms with Gasteiger partial charge in [0, 0.05) is 24.4 Å². The molecule has 4 rings (SSSR count). The predicted octanol–water partition coefficient (Wildman–Crippen LogP) is 2.51. The van der Waals surface area contributed by atoms with Crippen molar-refractivity contribution in [1.82, 2.24) is 4.90 Å². The number of phenols is 1. The molecule has 18 heavy (non-hydrogen) atoms. The van der Waals surface area contributed by atoms with Crippen molar-refractivity contribution in [2.45, 2.75) is 38.3 Å². The quantitative estimate of drug-likeness (QED) is 0.870. The molecule has 3 atom stereocenters. The number of phenolic OH excluding ortho intramolecular Hbond substituents is 1. The first-order chi connectivity index (χ1) is 8.70. The van der Waals surface area contributed by atoms with E-state index in [9.17, 15) is 9.90 Å². The smallest absolute Gasteiger partial charge is 0.139 e. The molecule has 3 unspecified atom stereocenters. The van der Waals surface area contributed by atoms with Crippen LogP contribution in [0.3, 0.4) is 0 Å². The Morgan fingerprint density at radius 2 is 2.22 bits per heavy atom. The number of fused-ring (bicyclic) bond motifs is 3. The van der Waals surface area contributed by atoms with E-state index in [1.54, 1.807) is 12.1 Å². The van der Waals surface area contributed by atoms with Crippen LogP contribution in [0, 0.1) is 5.92 Å². The Hall–Kier alpha value is -1.35. The molecule has 2 saturated heterocycles. The van der Waals surface area contributed by atoms with Crippen LogP contribution in [-0.2, 0) is 4.79 Å². The maximum Gasteiger partial charge on any atom is 0.139 e. The summed E-state index contributed by atoms with van der Waals surface area (Å²) in [5.41, 5.74) is 1.08. The monoisotopic (exact) mass is 245 g/mol. The lowest BCUT2D eigenvalue weighted by Gasteiger charge is -2.50. The summed E-state index contributed by atoms with van der Waals surface area (Å²) in [5, 5.41) is 9.64. The number of Topliss-reactive ketones (excluding diaryl/α,β-unsaturated/α-hetero) is 1. The Morgan fingerprint density at radius 1 is 1.39 bits per heavy atom. The van der Waals surface area contributed by atoms with Crippen LogP contribution in [0.2, 0.25) is 0 Å². The molecule has 2 bridgehead atoms. The Labute approximate surface area is 107 Å². The number of rotatable bonds is 2. The van der Waals surface area contributed by atoms with E-state index in [1.807, 2.05) is 12.1 Å². The third kappa shape index (κ3) is 1.74. The molecule has 0 spiro atoms. The molecule has 1 aromatic carbocycles. The molecule has 3 nitrogen and oxygen atoms in total. The molecule has 2 aliphatic heterocycles. The molecule has 3 heteroatoms. The highest BCUT2D eigenvalue weighted by Crippen LogP contribution is 2.45. The highest BCUT2D eigenvalue weighted by Gasteiger charge is 2.46. The maximum atomic E-state index is 12.1. The first-order valence-electron chi connectivity index (χ1n) is 6.78. The van der Waals surface area contributed by atoms with E-state index in [-0.39, 0.29) is 17.7 Å². The molecule has 1 saturated carbocycles. The molecule has 96 valence electrons. The number of benzene rings is 1. The Balaban J connectivity index is 2.00. The SMILES string of the molecule is CCN1C2CCC(C(=O)C2)C1c1cccc(O)c1. The number of hydrogen-bond donors (Lipinski definition) is 1. The minimum atomic E-state index is 0.122. The standard InChI is InChI=1S/C15H19NO2/c1-2-16-11-6-7-13(14(18)9-11)15(16)10-4-3-5-12(17)8-10/h3-5,8,11,13,15,17H,2,6-7,9H2,1H3. The Morgan fingerprint density at radius 3 is 2.89 bits per heavy atom. The average Bonchev–Trinajstić information content (AvgIpc) is 2.38. The first-order valence-corrected chi connectivity index (χ1v) is 6.78. The fourth-order valence-corrected chi connectivity index (χ4v) is 3.68. The summed E-state index contributed by atoms with van der Waals surface area (Å²) >= 11 is 0. The lowest BCUT2D eigenvalue weighted by molar-refractivity contribution is -0.137. The van der Waals surface area contributed by atoms with Crippen LogP contribution >= 0.6 is 0 Å². The fraction of sp³-hybridized carbons (Fsp3) is 0.533. The van der Waals surface area contributed by atoms with Gasteiger partial charge in [-0.05, 0) is 37.1 Å². The van der Waals surface area contributed by atoms with Gasteiger partial charge in [-0.25, -0.2) is 0 Å².